The quantitative estimate of drug-likeness (QED) is 0.584. The molecule has 0 bridgehead atoms. The number of benzene rings is 1. The van der Waals surface area contributed by atoms with Crippen LogP contribution in [0.3, 0.4) is 0 Å². The van der Waals surface area contributed by atoms with Gasteiger partial charge in [0.1, 0.15) is 12.3 Å². The molecule has 0 amide bonds. The number of furan rings is 1. The fraction of sp³-hybridized carbons (Fsp3) is 0.263. The molecule has 0 saturated carbocycles. The minimum absolute atomic E-state index is 0.0883. The van der Waals surface area contributed by atoms with E-state index in [4.69, 9.17) is 13.7 Å². The molecule has 1 aliphatic heterocycles. The van der Waals surface area contributed by atoms with Crippen molar-refractivity contribution in [2.24, 2.45) is 0 Å². The number of rotatable bonds is 6. The van der Waals surface area contributed by atoms with E-state index < -0.39 is 16.0 Å². The van der Waals surface area contributed by atoms with Crippen LogP contribution in [0.15, 0.2) is 62.6 Å². The summed E-state index contributed by atoms with van der Waals surface area (Å²) in [7, 11) is -3.60. The first-order chi connectivity index (χ1) is 13.5. The molecule has 0 aliphatic carbocycles. The van der Waals surface area contributed by atoms with Gasteiger partial charge in [-0.2, -0.15) is 4.31 Å². The minimum atomic E-state index is -3.60. The van der Waals surface area contributed by atoms with Crippen molar-refractivity contribution in [3.63, 3.8) is 0 Å². The molecule has 8 nitrogen and oxygen atoms in total. The zero-order chi connectivity index (χ0) is 19.6. The highest BCUT2D eigenvalue weighted by Crippen LogP contribution is 2.23. The van der Waals surface area contributed by atoms with Crippen LogP contribution in [0.2, 0.25) is 0 Å². The molecule has 146 valence electrons. The van der Waals surface area contributed by atoms with Gasteiger partial charge in [0.05, 0.1) is 16.7 Å². The van der Waals surface area contributed by atoms with E-state index in [0.29, 0.717) is 30.3 Å². The van der Waals surface area contributed by atoms with Crippen molar-refractivity contribution < 1.29 is 26.9 Å². The molecule has 0 spiro atoms. The van der Waals surface area contributed by atoms with Crippen LogP contribution >= 0.6 is 0 Å². The highest BCUT2D eigenvalue weighted by molar-refractivity contribution is 7.89. The molecule has 0 unspecified atom stereocenters. The van der Waals surface area contributed by atoms with E-state index in [0.717, 1.165) is 12.8 Å². The molecular weight excluding hydrogens is 384 g/mol. The number of sulfonamides is 1. The number of ether oxygens (including phenoxy) is 1. The van der Waals surface area contributed by atoms with E-state index in [1.54, 1.807) is 18.2 Å². The number of hydrogen-bond acceptors (Lipinski definition) is 7. The summed E-state index contributed by atoms with van der Waals surface area (Å²) in [4.78, 5) is 12.4. The Bertz CT molecular complexity index is 1070. The summed E-state index contributed by atoms with van der Waals surface area (Å²) in [5.41, 5.74) is 0.579. The first-order valence-electron chi connectivity index (χ1n) is 8.81. The predicted octanol–water partition coefficient (Wildman–Crippen LogP) is 3.08. The smallest absolute Gasteiger partial charge is 0.338 e. The third-order valence-electron chi connectivity index (χ3n) is 4.45. The zero-order valence-electron chi connectivity index (χ0n) is 14.9. The van der Waals surface area contributed by atoms with Crippen LogP contribution in [-0.4, -0.2) is 36.9 Å². The number of hydrogen-bond donors (Lipinski definition) is 0. The molecule has 3 aromatic rings. The Labute approximate surface area is 161 Å². The van der Waals surface area contributed by atoms with Crippen LogP contribution < -0.4 is 0 Å². The number of esters is 1. The monoisotopic (exact) mass is 402 g/mol. The third kappa shape index (κ3) is 3.71. The Balaban J connectivity index is 1.44. The van der Waals surface area contributed by atoms with Gasteiger partial charge in [0.2, 0.25) is 15.8 Å². The molecule has 1 aliphatic rings. The van der Waals surface area contributed by atoms with Crippen LogP contribution in [0.4, 0.5) is 0 Å². The van der Waals surface area contributed by atoms with Crippen molar-refractivity contribution in [3.05, 3.63) is 60.0 Å². The van der Waals surface area contributed by atoms with Crippen molar-refractivity contribution in [2.75, 3.05) is 13.1 Å². The Morgan fingerprint density at radius 2 is 1.93 bits per heavy atom. The molecule has 9 heteroatoms. The number of carbonyl (C=O) groups excluding carboxylic acids is 1. The molecule has 0 atom stereocenters. The van der Waals surface area contributed by atoms with Crippen molar-refractivity contribution in [1.29, 1.82) is 0 Å². The minimum Gasteiger partial charge on any atom is -0.461 e. The van der Waals surface area contributed by atoms with E-state index in [9.17, 15) is 13.2 Å². The lowest BCUT2D eigenvalue weighted by molar-refractivity contribution is 0.0464. The van der Waals surface area contributed by atoms with Gasteiger partial charge in [0.25, 0.3) is 0 Å². The van der Waals surface area contributed by atoms with E-state index in [2.05, 4.69) is 5.16 Å². The van der Waals surface area contributed by atoms with Crippen LogP contribution in [0.25, 0.3) is 11.5 Å². The number of aromatic nitrogens is 1. The van der Waals surface area contributed by atoms with Gasteiger partial charge in [-0.25, -0.2) is 13.2 Å². The van der Waals surface area contributed by atoms with Crippen LogP contribution in [0, 0.1) is 0 Å². The van der Waals surface area contributed by atoms with Gasteiger partial charge in [-0.05, 0) is 43.2 Å². The maximum atomic E-state index is 12.6. The van der Waals surface area contributed by atoms with Crippen molar-refractivity contribution in [1.82, 2.24) is 9.46 Å². The van der Waals surface area contributed by atoms with Crippen LogP contribution in [0.1, 0.15) is 28.9 Å². The normalized spacial score (nSPS) is 15.0. The van der Waals surface area contributed by atoms with Crippen molar-refractivity contribution in [2.45, 2.75) is 24.3 Å². The molecule has 3 heterocycles. The predicted molar refractivity (Wildman–Crippen MR) is 97.8 cm³/mol. The maximum absolute atomic E-state index is 12.6. The first kappa shape index (κ1) is 18.5. The third-order valence-corrected chi connectivity index (χ3v) is 6.34. The molecule has 1 fully saturated rings. The van der Waals surface area contributed by atoms with Crippen LogP contribution in [0.5, 0.6) is 0 Å². The summed E-state index contributed by atoms with van der Waals surface area (Å²) in [6.45, 7) is 0.897. The lowest BCUT2D eigenvalue weighted by atomic mass is 10.2. The van der Waals surface area contributed by atoms with E-state index in [-0.39, 0.29) is 17.1 Å². The van der Waals surface area contributed by atoms with E-state index >= 15 is 0 Å². The molecule has 2 aromatic heterocycles. The second-order valence-electron chi connectivity index (χ2n) is 6.37. The zero-order valence-corrected chi connectivity index (χ0v) is 15.7. The summed E-state index contributed by atoms with van der Waals surface area (Å²) < 4.78 is 42.3. The summed E-state index contributed by atoms with van der Waals surface area (Å²) in [6.07, 6.45) is 3.21. The SMILES string of the molecule is O=C(OCc1cc(-c2ccco2)on1)c1cccc(S(=O)(=O)N2CCCC2)c1. The number of carbonyl (C=O) groups is 1. The molecule has 1 aromatic carbocycles. The molecule has 0 N–H and O–H groups in total. The summed E-state index contributed by atoms with van der Waals surface area (Å²) in [6, 6.07) is 10.9. The average Bonchev–Trinajstić information content (AvgIpc) is 3.48. The highest BCUT2D eigenvalue weighted by Gasteiger charge is 2.27. The van der Waals surface area contributed by atoms with Gasteiger partial charge >= 0.3 is 5.97 Å². The Kier molecular flexibility index (Phi) is 5.01. The molecule has 0 radical (unpaired) electrons. The lowest BCUT2D eigenvalue weighted by Gasteiger charge is -2.15. The number of nitrogens with zero attached hydrogens (tertiary/aromatic N) is 2. The van der Waals surface area contributed by atoms with Crippen LogP contribution in [-0.2, 0) is 21.4 Å². The molecule has 4 rings (SSSR count). The highest BCUT2D eigenvalue weighted by atomic mass is 32.2. The van der Waals surface area contributed by atoms with Crippen molar-refractivity contribution in [3.8, 4) is 11.5 Å². The molecule has 1 saturated heterocycles. The van der Waals surface area contributed by atoms with Gasteiger partial charge < -0.3 is 13.7 Å². The average molecular weight is 402 g/mol. The fourth-order valence-corrected chi connectivity index (χ4v) is 4.56. The van der Waals surface area contributed by atoms with Gasteiger partial charge in [-0.1, -0.05) is 11.2 Å². The first-order valence-corrected chi connectivity index (χ1v) is 10.2. The van der Waals surface area contributed by atoms with Crippen molar-refractivity contribution >= 4 is 16.0 Å². The Hall–Kier alpha value is -2.91. The molecule has 28 heavy (non-hydrogen) atoms. The van der Waals surface area contributed by atoms with Gasteiger partial charge in [-0.15, -0.1) is 0 Å². The second kappa shape index (κ2) is 7.61. The standard InChI is InChI=1S/C19H18N2O6S/c22-19(26-13-15-12-18(27-20-15)17-7-4-10-25-17)14-5-3-6-16(11-14)28(23,24)21-8-1-2-9-21/h3-7,10-12H,1-2,8-9,13H2. The summed E-state index contributed by atoms with van der Waals surface area (Å²) in [5, 5.41) is 3.83. The molecular formula is C19H18N2O6S. The largest absolute Gasteiger partial charge is 0.461 e. The second-order valence-corrected chi connectivity index (χ2v) is 8.31. The summed E-state index contributed by atoms with van der Waals surface area (Å²) >= 11 is 0. The van der Waals surface area contributed by atoms with Gasteiger partial charge in [0.15, 0.2) is 5.76 Å². The Morgan fingerprint density at radius 3 is 2.68 bits per heavy atom. The van der Waals surface area contributed by atoms with Gasteiger partial charge in [0, 0.05) is 19.2 Å². The summed E-state index contributed by atoms with van der Waals surface area (Å²) in [5.74, 6) is 0.306. The topological polar surface area (TPSA) is 103 Å². The van der Waals surface area contributed by atoms with E-state index in [1.165, 1.54) is 34.8 Å². The maximum Gasteiger partial charge on any atom is 0.338 e. The fourth-order valence-electron chi connectivity index (χ4n) is 3.00. The lowest BCUT2D eigenvalue weighted by Crippen LogP contribution is -2.28. The van der Waals surface area contributed by atoms with Gasteiger partial charge in [-0.3, -0.25) is 0 Å². The Morgan fingerprint density at radius 1 is 1.11 bits per heavy atom. The van der Waals surface area contributed by atoms with E-state index in [1.807, 2.05) is 0 Å².